The maximum absolute atomic E-state index is 10.2. The highest BCUT2D eigenvalue weighted by molar-refractivity contribution is 9.10. The van der Waals surface area contributed by atoms with Gasteiger partial charge >= 0.3 is 0 Å². The van der Waals surface area contributed by atoms with Crippen molar-refractivity contribution in [3.8, 4) is 6.07 Å². The van der Waals surface area contributed by atoms with Crippen LogP contribution in [0.25, 0.3) is 0 Å². The van der Waals surface area contributed by atoms with Gasteiger partial charge in [-0.25, -0.2) is 0 Å². The largest absolute Gasteiger partial charge is 0.396 e. The lowest BCUT2D eigenvalue weighted by Crippen LogP contribution is -2.03. The fourth-order valence-corrected chi connectivity index (χ4v) is 2.89. The zero-order chi connectivity index (χ0) is 19.9. The van der Waals surface area contributed by atoms with Crippen LogP contribution in [-0.2, 0) is 24.2 Å². The summed E-state index contributed by atoms with van der Waals surface area (Å²) in [6.07, 6.45) is 1.76. The van der Waals surface area contributed by atoms with E-state index < -0.39 is 0 Å². The number of nitrogens with zero attached hydrogens (tertiary/aromatic N) is 1. The first kappa shape index (κ1) is 24.5. The molecule has 2 rings (SSSR count). The molecule has 0 aliphatic heterocycles. The quantitative estimate of drug-likeness (QED) is 0.505. The molecule has 26 heavy (non-hydrogen) atoms. The van der Waals surface area contributed by atoms with Gasteiger partial charge < -0.3 is 15.6 Å². The maximum atomic E-state index is 10.2. The number of carbonyl (C=O) groups excluding carboxylic acids is 1. The van der Waals surface area contributed by atoms with Crippen molar-refractivity contribution < 1.29 is 9.90 Å². The van der Waals surface area contributed by atoms with Crippen LogP contribution < -0.4 is 5.73 Å². The summed E-state index contributed by atoms with van der Waals surface area (Å²) in [4.78, 5) is 10.2. The molecular weight excluding hydrogens is 459 g/mol. The number of aliphatic hydroxyl groups excluding tert-OH is 1. The van der Waals surface area contributed by atoms with E-state index in [2.05, 4.69) is 39.7 Å². The molecule has 7 heteroatoms. The molecule has 0 fully saturated rings. The van der Waals surface area contributed by atoms with Crippen LogP contribution in [0.2, 0.25) is 6.82 Å². The number of hydrogen-bond acceptors (Lipinski definition) is 4. The standard InChI is InChI=1S/C9H12BrNO.C9H6BrNO.CH3B/c2*10-9-2-1-8(6-11)7(5-9)3-4-12;1-2/h1-2,5,12H,3-4,6,11H2;1-2,4-5H,3H2;1H3. The van der Waals surface area contributed by atoms with E-state index in [1.807, 2.05) is 24.3 Å². The minimum absolute atomic E-state index is 0.170. The van der Waals surface area contributed by atoms with Crippen molar-refractivity contribution in [1.82, 2.24) is 0 Å². The van der Waals surface area contributed by atoms with Crippen LogP contribution in [0, 0.1) is 11.3 Å². The van der Waals surface area contributed by atoms with Crippen LogP contribution in [0.15, 0.2) is 45.3 Å². The van der Waals surface area contributed by atoms with Crippen LogP contribution in [0.4, 0.5) is 0 Å². The predicted molar refractivity (Wildman–Crippen MR) is 113 cm³/mol. The van der Waals surface area contributed by atoms with Gasteiger partial charge in [0, 0.05) is 28.5 Å². The van der Waals surface area contributed by atoms with Gasteiger partial charge in [0.2, 0.25) is 0 Å². The zero-order valence-electron chi connectivity index (χ0n) is 14.6. The Balaban J connectivity index is 0.000000439. The lowest BCUT2D eigenvalue weighted by atomic mass is 10.1. The Labute approximate surface area is 173 Å². The number of halogens is 2. The molecule has 2 aromatic carbocycles. The van der Waals surface area contributed by atoms with Gasteiger partial charge in [0.05, 0.1) is 19.5 Å². The van der Waals surface area contributed by atoms with E-state index in [0.717, 1.165) is 31.9 Å². The molecule has 0 spiro atoms. The molecule has 0 aliphatic rings. The van der Waals surface area contributed by atoms with Gasteiger partial charge in [0.1, 0.15) is 6.29 Å². The summed E-state index contributed by atoms with van der Waals surface area (Å²) < 4.78 is 1.92. The summed E-state index contributed by atoms with van der Waals surface area (Å²) in [5.74, 6) is 0. The van der Waals surface area contributed by atoms with Crippen molar-refractivity contribution in [3.63, 3.8) is 0 Å². The maximum Gasteiger partial charge on any atom is 0.124 e. The molecule has 0 bridgehead atoms. The summed E-state index contributed by atoms with van der Waals surface area (Å²) in [5, 5.41) is 17.4. The average molecular weight is 480 g/mol. The van der Waals surface area contributed by atoms with Crippen LogP contribution in [-0.4, -0.2) is 25.8 Å². The fourth-order valence-electron chi connectivity index (χ4n) is 2.08. The molecule has 3 N–H and O–H groups in total. The predicted octanol–water partition coefficient (Wildman–Crippen LogP) is 3.71. The Bertz CT molecular complexity index is 734. The second kappa shape index (κ2) is 14.7. The molecule has 4 nitrogen and oxygen atoms in total. The van der Waals surface area contributed by atoms with Crippen molar-refractivity contribution in [1.29, 1.82) is 5.26 Å². The van der Waals surface area contributed by atoms with E-state index >= 15 is 0 Å². The number of carbonyl (C=O) groups is 1. The molecule has 0 saturated carbocycles. The third-order valence-electron chi connectivity index (χ3n) is 3.26. The SMILES string of the molecule is N#Cc1ccc(Br)cc1CC=O.NCc1ccc(Br)cc1CCO.[B]C. The minimum atomic E-state index is 0.170. The summed E-state index contributed by atoms with van der Waals surface area (Å²) in [7, 11) is 4.50. The number of nitrogens with two attached hydrogens (primary N) is 1. The van der Waals surface area contributed by atoms with E-state index in [1.165, 1.54) is 6.82 Å². The normalized spacial score (nSPS) is 9.08. The van der Waals surface area contributed by atoms with Crippen molar-refractivity contribution in [2.24, 2.45) is 5.73 Å². The van der Waals surface area contributed by atoms with E-state index in [4.69, 9.17) is 16.1 Å². The summed E-state index contributed by atoms with van der Waals surface area (Å²) in [5.41, 5.74) is 9.08. The molecule has 0 atom stereocenters. The highest BCUT2D eigenvalue weighted by Crippen LogP contribution is 2.17. The number of aliphatic hydroxyl groups is 1. The summed E-state index contributed by atoms with van der Waals surface area (Å²) >= 11 is 6.64. The fraction of sp³-hybridized carbons (Fsp3) is 0.263. The summed E-state index contributed by atoms with van der Waals surface area (Å²) in [6, 6.07) is 13.2. The van der Waals surface area contributed by atoms with Gasteiger partial charge in [-0.3, -0.25) is 0 Å². The zero-order valence-corrected chi connectivity index (χ0v) is 17.8. The number of aldehydes is 1. The molecule has 0 aliphatic carbocycles. The number of nitriles is 1. The molecular formula is C19H21BBr2N2O2. The molecule has 2 aromatic rings. The van der Waals surface area contributed by atoms with Gasteiger partial charge in [-0.15, -0.1) is 0 Å². The second-order valence-corrected chi connectivity index (χ2v) is 6.71. The molecule has 0 heterocycles. The van der Waals surface area contributed by atoms with Crippen LogP contribution in [0.1, 0.15) is 22.3 Å². The monoisotopic (exact) mass is 478 g/mol. The summed E-state index contributed by atoms with van der Waals surface area (Å²) in [6.45, 7) is 2.20. The molecule has 0 aromatic heterocycles. The van der Waals surface area contributed by atoms with Crippen molar-refractivity contribution >= 4 is 46.0 Å². The van der Waals surface area contributed by atoms with Gasteiger partial charge in [-0.05, 0) is 53.4 Å². The Morgan fingerprint density at radius 2 is 1.69 bits per heavy atom. The number of benzene rings is 2. The number of hydrogen-bond donors (Lipinski definition) is 2. The van der Waals surface area contributed by atoms with E-state index in [0.29, 0.717) is 24.9 Å². The smallest absolute Gasteiger partial charge is 0.124 e. The van der Waals surface area contributed by atoms with Crippen LogP contribution in [0.3, 0.4) is 0 Å². The number of rotatable bonds is 5. The topological polar surface area (TPSA) is 87.1 Å². The molecule has 0 unspecified atom stereocenters. The highest BCUT2D eigenvalue weighted by Gasteiger charge is 2.01. The molecule has 136 valence electrons. The van der Waals surface area contributed by atoms with E-state index in [9.17, 15) is 4.79 Å². The Hall–Kier alpha value is -1.46. The second-order valence-electron chi connectivity index (χ2n) is 4.87. The lowest BCUT2D eigenvalue weighted by molar-refractivity contribution is -0.107. The van der Waals surface area contributed by atoms with E-state index in [-0.39, 0.29) is 6.61 Å². The third kappa shape index (κ3) is 8.77. The van der Waals surface area contributed by atoms with Crippen molar-refractivity contribution in [3.05, 3.63) is 67.6 Å². The van der Waals surface area contributed by atoms with Crippen LogP contribution in [0.5, 0.6) is 0 Å². The third-order valence-corrected chi connectivity index (χ3v) is 4.25. The average Bonchev–Trinajstić information content (AvgIpc) is 2.65. The molecule has 0 amide bonds. The first-order valence-corrected chi connectivity index (χ1v) is 9.42. The first-order valence-electron chi connectivity index (χ1n) is 7.83. The lowest BCUT2D eigenvalue weighted by Gasteiger charge is -2.06. The van der Waals surface area contributed by atoms with Gasteiger partial charge in [0.25, 0.3) is 0 Å². The van der Waals surface area contributed by atoms with Gasteiger partial charge in [-0.2, -0.15) is 5.26 Å². The van der Waals surface area contributed by atoms with Crippen molar-refractivity contribution in [2.45, 2.75) is 26.2 Å². The molecule has 0 saturated heterocycles. The Kier molecular flexibility index (Phi) is 13.9. The van der Waals surface area contributed by atoms with E-state index in [1.54, 1.807) is 18.2 Å². The minimum Gasteiger partial charge on any atom is -0.396 e. The van der Waals surface area contributed by atoms with Crippen LogP contribution >= 0.6 is 31.9 Å². The van der Waals surface area contributed by atoms with Crippen molar-refractivity contribution in [2.75, 3.05) is 6.61 Å². The Morgan fingerprint density at radius 3 is 2.19 bits per heavy atom. The van der Waals surface area contributed by atoms with Gasteiger partial charge in [0.15, 0.2) is 0 Å². The molecule has 2 radical (unpaired) electrons. The van der Waals surface area contributed by atoms with Gasteiger partial charge in [-0.1, -0.05) is 44.7 Å². The highest BCUT2D eigenvalue weighted by atomic mass is 79.9. The first-order chi connectivity index (χ1) is 12.5. The Morgan fingerprint density at radius 1 is 1.12 bits per heavy atom.